The van der Waals surface area contributed by atoms with E-state index in [0.717, 1.165) is 0 Å². The van der Waals surface area contributed by atoms with Gasteiger partial charge in [-0.1, -0.05) is 12.1 Å². The zero-order valence-electron chi connectivity index (χ0n) is 12.3. The van der Waals surface area contributed by atoms with Crippen LogP contribution in [0.2, 0.25) is 0 Å². The van der Waals surface area contributed by atoms with E-state index in [0.29, 0.717) is 22.3 Å². The van der Waals surface area contributed by atoms with E-state index in [1.807, 2.05) is 6.07 Å². The van der Waals surface area contributed by atoms with Crippen molar-refractivity contribution in [1.29, 1.82) is 5.26 Å². The molecule has 0 bridgehead atoms. The van der Waals surface area contributed by atoms with Crippen molar-refractivity contribution in [3.63, 3.8) is 0 Å². The Hall–Kier alpha value is -3.73. The average Bonchev–Trinajstić information content (AvgIpc) is 2.97. The molecular formula is C16H11N5O3. The van der Waals surface area contributed by atoms with Crippen molar-refractivity contribution < 1.29 is 9.72 Å². The summed E-state index contributed by atoms with van der Waals surface area (Å²) >= 11 is 0. The number of rotatable bonds is 4. The highest BCUT2D eigenvalue weighted by Crippen LogP contribution is 2.24. The van der Waals surface area contributed by atoms with Crippen LogP contribution in [0, 0.1) is 21.4 Å². The minimum atomic E-state index is -0.505. The van der Waals surface area contributed by atoms with E-state index in [-0.39, 0.29) is 18.1 Å². The first-order valence-electron chi connectivity index (χ1n) is 6.97. The number of imidazole rings is 1. The number of nitriles is 1. The number of benzene rings is 2. The highest BCUT2D eigenvalue weighted by molar-refractivity contribution is 5.93. The highest BCUT2D eigenvalue weighted by atomic mass is 16.6. The molecule has 1 N–H and O–H groups in total. The number of amides is 1. The van der Waals surface area contributed by atoms with Crippen molar-refractivity contribution in [2.75, 3.05) is 5.32 Å². The average molecular weight is 321 g/mol. The van der Waals surface area contributed by atoms with E-state index in [1.165, 1.54) is 17.0 Å². The number of nitro benzene ring substituents is 1. The summed E-state index contributed by atoms with van der Waals surface area (Å²) in [5, 5.41) is 22.7. The van der Waals surface area contributed by atoms with E-state index in [2.05, 4.69) is 10.3 Å². The molecular weight excluding hydrogens is 310 g/mol. The summed E-state index contributed by atoms with van der Waals surface area (Å²) < 4.78 is 1.43. The van der Waals surface area contributed by atoms with E-state index in [4.69, 9.17) is 5.26 Å². The van der Waals surface area contributed by atoms with Crippen molar-refractivity contribution in [2.45, 2.75) is 6.54 Å². The first kappa shape index (κ1) is 15.2. The van der Waals surface area contributed by atoms with E-state index in [9.17, 15) is 14.9 Å². The fraction of sp³-hybridized carbons (Fsp3) is 0.0625. The van der Waals surface area contributed by atoms with Gasteiger partial charge in [-0.25, -0.2) is 4.98 Å². The molecule has 0 saturated heterocycles. The van der Waals surface area contributed by atoms with Gasteiger partial charge in [0.2, 0.25) is 5.91 Å². The molecule has 3 aromatic rings. The standard InChI is InChI=1S/C16H11N5O3/c17-8-11-3-1-4-12(7-11)19-15(22)9-20-10-18-13-5-2-6-14(16(13)20)21(23)24/h1-7,10H,9H2,(H,19,22). The lowest BCUT2D eigenvalue weighted by molar-refractivity contribution is -0.383. The van der Waals surface area contributed by atoms with Gasteiger partial charge in [0.1, 0.15) is 12.1 Å². The Labute approximate surface area is 136 Å². The first-order valence-corrected chi connectivity index (χ1v) is 6.97. The molecule has 8 heteroatoms. The van der Waals surface area contributed by atoms with Gasteiger partial charge < -0.3 is 9.88 Å². The van der Waals surface area contributed by atoms with Crippen LogP contribution >= 0.6 is 0 Å². The van der Waals surface area contributed by atoms with Gasteiger partial charge in [-0.2, -0.15) is 5.26 Å². The Kier molecular flexibility index (Phi) is 3.91. The Balaban J connectivity index is 1.86. The van der Waals surface area contributed by atoms with Crippen molar-refractivity contribution in [1.82, 2.24) is 9.55 Å². The van der Waals surface area contributed by atoms with E-state index in [1.54, 1.807) is 36.4 Å². The molecule has 24 heavy (non-hydrogen) atoms. The van der Waals surface area contributed by atoms with Gasteiger partial charge in [0.15, 0.2) is 0 Å². The van der Waals surface area contributed by atoms with Crippen LogP contribution in [0.5, 0.6) is 0 Å². The Morgan fingerprint density at radius 1 is 1.33 bits per heavy atom. The Bertz CT molecular complexity index is 987. The number of anilines is 1. The summed E-state index contributed by atoms with van der Waals surface area (Å²) in [4.78, 5) is 26.9. The quantitative estimate of drug-likeness (QED) is 0.585. The van der Waals surface area contributed by atoms with Gasteiger partial charge in [-0.15, -0.1) is 0 Å². The lowest BCUT2D eigenvalue weighted by Gasteiger charge is -2.07. The second-order valence-corrected chi connectivity index (χ2v) is 5.02. The SMILES string of the molecule is N#Cc1cccc(NC(=O)Cn2cnc3cccc([N+](=O)[O-])c32)c1. The van der Waals surface area contributed by atoms with Crippen LogP contribution in [0.15, 0.2) is 48.8 Å². The molecule has 2 aromatic carbocycles. The van der Waals surface area contributed by atoms with Crippen LogP contribution in [0.3, 0.4) is 0 Å². The van der Waals surface area contributed by atoms with E-state index >= 15 is 0 Å². The molecule has 1 heterocycles. The van der Waals surface area contributed by atoms with E-state index < -0.39 is 4.92 Å². The molecule has 0 fully saturated rings. The molecule has 8 nitrogen and oxygen atoms in total. The number of hydrogen-bond acceptors (Lipinski definition) is 5. The number of hydrogen-bond donors (Lipinski definition) is 1. The third-order valence-corrected chi connectivity index (χ3v) is 3.40. The number of fused-ring (bicyclic) bond motifs is 1. The number of nitro groups is 1. The molecule has 0 saturated carbocycles. The number of nitrogens with one attached hydrogen (secondary N) is 1. The van der Waals surface area contributed by atoms with Crippen molar-refractivity contribution in [2.24, 2.45) is 0 Å². The van der Waals surface area contributed by atoms with Gasteiger partial charge in [0, 0.05) is 11.8 Å². The van der Waals surface area contributed by atoms with Crippen LogP contribution in [0.4, 0.5) is 11.4 Å². The molecule has 0 aliphatic heterocycles. The summed E-state index contributed by atoms with van der Waals surface area (Å²) in [5.41, 5.74) is 1.55. The number of para-hydroxylation sites is 1. The summed E-state index contributed by atoms with van der Waals surface area (Å²) in [5.74, 6) is -0.373. The highest BCUT2D eigenvalue weighted by Gasteiger charge is 2.17. The molecule has 1 aromatic heterocycles. The summed E-state index contributed by atoms with van der Waals surface area (Å²) in [6, 6.07) is 13.0. The Morgan fingerprint density at radius 3 is 2.88 bits per heavy atom. The first-order chi connectivity index (χ1) is 11.6. The van der Waals surface area contributed by atoms with Crippen LogP contribution < -0.4 is 5.32 Å². The summed E-state index contributed by atoms with van der Waals surface area (Å²) in [6.45, 7) is -0.127. The van der Waals surface area contributed by atoms with Gasteiger partial charge in [-0.05, 0) is 24.3 Å². The maximum atomic E-state index is 12.2. The monoisotopic (exact) mass is 321 g/mol. The van der Waals surface area contributed by atoms with Crippen molar-refractivity contribution >= 4 is 28.3 Å². The minimum absolute atomic E-state index is 0.107. The van der Waals surface area contributed by atoms with Gasteiger partial charge in [0.05, 0.1) is 28.4 Å². The molecule has 0 spiro atoms. The van der Waals surface area contributed by atoms with Crippen LogP contribution in [0.1, 0.15) is 5.56 Å². The molecule has 3 rings (SSSR count). The van der Waals surface area contributed by atoms with Gasteiger partial charge in [0.25, 0.3) is 5.69 Å². The molecule has 0 aliphatic rings. The maximum absolute atomic E-state index is 12.2. The van der Waals surface area contributed by atoms with Gasteiger partial charge >= 0.3 is 0 Å². The predicted octanol–water partition coefficient (Wildman–Crippen LogP) is 2.45. The predicted molar refractivity (Wildman–Crippen MR) is 86.2 cm³/mol. The maximum Gasteiger partial charge on any atom is 0.295 e. The topological polar surface area (TPSA) is 114 Å². The third-order valence-electron chi connectivity index (χ3n) is 3.40. The fourth-order valence-corrected chi connectivity index (χ4v) is 2.40. The molecule has 0 radical (unpaired) electrons. The third kappa shape index (κ3) is 2.91. The van der Waals surface area contributed by atoms with Crippen molar-refractivity contribution in [3.05, 3.63) is 64.5 Å². The minimum Gasteiger partial charge on any atom is -0.324 e. The largest absolute Gasteiger partial charge is 0.324 e. The number of carbonyl (C=O) groups is 1. The van der Waals surface area contributed by atoms with Crippen molar-refractivity contribution in [3.8, 4) is 6.07 Å². The molecule has 1 amide bonds. The number of aromatic nitrogens is 2. The Morgan fingerprint density at radius 2 is 2.12 bits per heavy atom. The molecule has 0 unspecified atom stereocenters. The summed E-state index contributed by atoms with van der Waals surface area (Å²) in [7, 11) is 0. The smallest absolute Gasteiger partial charge is 0.295 e. The van der Waals surface area contributed by atoms with Crippen LogP contribution in [-0.2, 0) is 11.3 Å². The van der Waals surface area contributed by atoms with Gasteiger partial charge in [-0.3, -0.25) is 14.9 Å². The van der Waals surface area contributed by atoms with Crippen LogP contribution in [-0.4, -0.2) is 20.4 Å². The second-order valence-electron chi connectivity index (χ2n) is 5.02. The zero-order chi connectivity index (χ0) is 17.1. The molecule has 0 atom stereocenters. The molecule has 118 valence electrons. The second kappa shape index (κ2) is 6.18. The number of nitrogens with zero attached hydrogens (tertiary/aromatic N) is 4. The zero-order valence-corrected chi connectivity index (χ0v) is 12.3. The molecule has 0 aliphatic carbocycles. The lowest BCUT2D eigenvalue weighted by atomic mass is 10.2. The number of non-ortho nitro benzene ring substituents is 1. The fourth-order valence-electron chi connectivity index (χ4n) is 2.40. The van der Waals surface area contributed by atoms with Crippen LogP contribution in [0.25, 0.3) is 11.0 Å². The normalized spacial score (nSPS) is 10.3. The summed E-state index contributed by atoms with van der Waals surface area (Å²) in [6.07, 6.45) is 1.39. The number of carbonyl (C=O) groups excluding carboxylic acids is 1. The lowest BCUT2D eigenvalue weighted by Crippen LogP contribution is -2.18.